The Morgan fingerprint density at radius 2 is 2.00 bits per heavy atom. The van der Waals surface area contributed by atoms with E-state index in [9.17, 15) is 4.79 Å². The summed E-state index contributed by atoms with van der Waals surface area (Å²) < 4.78 is 5.07. The van der Waals surface area contributed by atoms with Crippen LogP contribution in [0.4, 0.5) is 11.4 Å². The van der Waals surface area contributed by atoms with Crippen LogP contribution in [0.2, 0.25) is 5.02 Å². The first-order chi connectivity index (χ1) is 10.6. The number of halogens is 1. The first-order valence-corrected chi connectivity index (χ1v) is 7.40. The van der Waals surface area contributed by atoms with E-state index < -0.39 is 0 Å². The monoisotopic (exact) mass is 318 g/mol. The van der Waals surface area contributed by atoms with Gasteiger partial charge < -0.3 is 15.4 Å². The van der Waals surface area contributed by atoms with E-state index in [2.05, 4.69) is 10.6 Å². The van der Waals surface area contributed by atoms with Crippen molar-refractivity contribution < 1.29 is 9.53 Å². The lowest BCUT2D eigenvalue weighted by Gasteiger charge is -2.09. The highest BCUT2D eigenvalue weighted by molar-refractivity contribution is 6.32. The zero-order valence-electron chi connectivity index (χ0n) is 12.7. The highest BCUT2D eigenvalue weighted by Gasteiger charge is 2.05. The van der Waals surface area contributed by atoms with Gasteiger partial charge in [0.1, 0.15) is 5.75 Å². The maximum Gasteiger partial charge on any atom is 0.226 e. The van der Waals surface area contributed by atoms with E-state index in [0.717, 1.165) is 5.69 Å². The molecule has 0 atom stereocenters. The molecule has 0 aliphatic rings. The predicted molar refractivity (Wildman–Crippen MR) is 90.9 cm³/mol. The van der Waals surface area contributed by atoms with Gasteiger partial charge in [-0.15, -0.1) is 0 Å². The van der Waals surface area contributed by atoms with E-state index in [4.69, 9.17) is 16.3 Å². The van der Waals surface area contributed by atoms with E-state index in [-0.39, 0.29) is 5.91 Å². The topological polar surface area (TPSA) is 50.4 Å². The molecule has 0 aliphatic carbocycles. The molecular weight excluding hydrogens is 300 g/mol. The maximum atomic E-state index is 11.9. The summed E-state index contributed by atoms with van der Waals surface area (Å²) in [5.41, 5.74) is 2.86. The second-order valence-corrected chi connectivity index (χ2v) is 5.35. The second-order valence-electron chi connectivity index (χ2n) is 4.94. The van der Waals surface area contributed by atoms with Gasteiger partial charge in [-0.05, 0) is 42.8 Å². The summed E-state index contributed by atoms with van der Waals surface area (Å²) in [5, 5.41) is 6.51. The lowest BCUT2D eigenvalue weighted by Crippen LogP contribution is -2.16. The Morgan fingerprint density at radius 1 is 1.18 bits per heavy atom. The Kier molecular flexibility index (Phi) is 5.67. The van der Waals surface area contributed by atoms with Crippen LogP contribution >= 0.6 is 11.6 Å². The van der Waals surface area contributed by atoms with Crippen LogP contribution in [-0.4, -0.2) is 19.6 Å². The van der Waals surface area contributed by atoms with Gasteiger partial charge in [-0.25, -0.2) is 0 Å². The van der Waals surface area contributed by atoms with Gasteiger partial charge in [0, 0.05) is 24.3 Å². The first kappa shape index (κ1) is 16.2. The number of nitrogens with one attached hydrogen (secondary N) is 2. The molecule has 0 unspecified atom stereocenters. The van der Waals surface area contributed by atoms with Crippen LogP contribution in [0, 0.1) is 6.92 Å². The Morgan fingerprint density at radius 3 is 2.68 bits per heavy atom. The van der Waals surface area contributed by atoms with Crippen molar-refractivity contribution in [3.8, 4) is 5.75 Å². The number of amides is 1. The molecule has 0 heterocycles. The Labute approximate surface area is 135 Å². The van der Waals surface area contributed by atoms with Crippen molar-refractivity contribution in [2.24, 2.45) is 0 Å². The van der Waals surface area contributed by atoms with Gasteiger partial charge >= 0.3 is 0 Å². The van der Waals surface area contributed by atoms with Gasteiger partial charge in [0.2, 0.25) is 5.91 Å². The van der Waals surface area contributed by atoms with E-state index in [1.54, 1.807) is 25.3 Å². The molecule has 2 aromatic rings. The summed E-state index contributed by atoms with van der Waals surface area (Å²) in [5.74, 6) is 0.516. The van der Waals surface area contributed by atoms with Crippen molar-refractivity contribution >= 4 is 28.9 Å². The van der Waals surface area contributed by atoms with E-state index in [1.807, 2.05) is 31.2 Å². The molecule has 0 saturated carbocycles. The van der Waals surface area contributed by atoms with Crippen LogP contribution in [-0.2, 0) is 4.79 Å². The van der Waals surface area contributed by atoms with Gasteiger partial charge in [0.05, 0.1) is 12.1 Å². The predicted octanol–water partition coefficient (Wildman–Crippen LogP) is 4.10. The number of hydrogen-bond donors (Lipinski definition) is 2. The molecule has 2 aromatic carbocycles. The molecule has 1 amide bonds. The second kappa shape index (κ2) is 7.71. The Balaban J connectivity index is 1.82. The first-order valence-electron chi connectivity index (χ1n) is 7.02. The van der Waals surface area contributed by atoms with Gasteiger partial charge in [-0.2, -0.15) is 0 Å². The third-order valence-electron chi connectivity index (χ3n) is 3.13. The number of carbonyl (C=O) groups is 1. The minimum atomic E-state index is -0.0682. The minimum absolute atomic E-state index is 0.0682. The van der Waals surface area contributed by atoms with E-state index in [1.165, 1.54) is 5.56 Å². The van der Waals surface area contributed by atoms with Crippen LogP contribution in [0.15, 0.2) is 42.5 Å². The number of aryl methyl sites for hydroxylation is 1. The fourth-order valence-corrected chi connectivity index (χ4v) is 2.30. The van der Waals surface area contributed by atoms with Crippen LogP contribution in [0.1, 0.15) is 12.0 Å². The van der Waals surface area contributed by atoms with Gasteiger partial charge in [-0.1, -0.05) is 23.7 Å². The standard InChI is InChI=1S/C17H19ClN2O2/c1-12-4-3-5-13(10-12)19-9-8-17(21)20-14-6-7-16(22-2)15(18)11-14/h3-7,10-11,19H,8-9H2,1-2H3,(H,20,21). The molecular formula is C17H19ClN2O2. The summed E-state index contributed by atoms with van der Waals surface area (Å²) in [6.07, 6.45) is 0.373. The molecule has 116 valence electrons. The van der Waals surface area contributed by atoms with Crippen LogP contribution < -0.4 is 15.4 Å². The minimum Gasteiger partial charge on any atom is -0.495 e. The number of carbonyl (C=O) groups excluding carboxylic acids is 1. The van der Waals surface area contributed by atoms with E-state index >= 15 is 0 Å². The fourth-order valence-electron chi connectivity index (χ4n) is 2.04. The summed E-state index contributed by atoms with van der Waals surface area (Å²) in [6, 6.07) is 13.2. The molecule has 0 aliphatic heterocycles. The lowest BCUT2D eigenvalue weighted by atomic mass is 10.2. The van der Waals surface area contributed by atoms with Gasteiger partial charge in [-0.3, -0.25) is 4.79 Å². The van der Waals surface area contributed by atoms with Gasteiger partial charge in [0.15, 0.2) is 0 Å². The molecule has 2 N–H and O–H groups in total. The quantitative estimate of drug-likeness (QED) is 0.843. The summed E-state index contributed by atoms with van der Waals surface area (Å²) in [7, 11) is 1.55. The normalized spacial score (nSPS) is 10.1. The molecule has 0 aromatic heterocycles. The van der Waals surface area contributed by atoms with Crippen molar-refractivity contribution in [3.05, 3.63) is 53.1 Å². The molecule has 0 saturated heterocycles. The number of methoxy groups -OCH3 is 1. The maximum absolute atomic E-state index is 11.9. The number of rotatable bonds is 6. The average Bonchev–Trinajstić information content (AvgIpc) is 2.47. The van der Waals surface area contributed by atoms with Crippen molar-refractivity contribution in [1.29, 1.82) is 0 Å². The number of ether oxygens (including phenoxy) is 1. The number of benzene rings is 2. The molecule has 4 nitrogen and oxygen atoms in total. The van der Waals surface area contributed by atoms with Crippen molar-refractivity contribution in [1.82, 2.24) is 0 Å². The summed E-state index contributed by atoms with van der Waals surface area (Å²) in [4.78, 5) is 11.9. The molecule has 22 heavy (non-hydrogen) atoms. The van der Waals surface area contributed by atoms with Crippen LogP contribution in [0.3, 0.4) is 0 Å². The van der Waals surface area contributed by atoms with E-state index in [0.29, 0.717) is 29.4 Å². The third kappa shape index (κ3) is 4.67. The third-order valence-corrected chi connectivity index (χ3v) is 3.43. The highest BCUT2D eigenvalue weighted by atomic mass is 35.5. The van der Waals surface area contributed by atoms with Crippen molar-refractivity contribution in [2.75, 3.05) is 24.3 Å². The summed E-state index contributed by atoms with van der Waals surface area (Å²) >= 11 is 6.02. The zero-order valence-corrected chi connectivity index (χ0v) is 13.4. The average molecular weight is 319 g/mol. The van der Waals surface area contributed by atoms with Gasteiger partial charge in [0.25, 0.3) is 0 Å². The zero-order chi connectivity index (χ0) is 15.9. The molecule has 5 heteroatoms. The smallest absolute Gasteiger partial charge is 0.226 e. The van der Waals surface area contributed by atoms with Crippen molar-refractivity contribution in [3.63, 3.8) is 0 Å². The Hall–Kier alpha value is -2.20. The largest absolute Gasteiger partial charge is 0.495 e. The van der Waals surface area contributed by atoms with Crippen LogP contribution in [0.25, 0.3) is 0 Å². The lowest BCUT2D eigenvalue weighted by molar-refractivity contribution is -0.115. The number of hydrogen-bond acceptors (Lipinski definition) is 3. The summed E-state index contributed by atoms with van der Waals surface area (Å²) in [6.45, 7) is 2.60. The molecule has 0 radical (unpaired) electrons. The highest BCUT2D eigenvalue weighted by Crippen LogP contribution is 2.27. The van der Waals surface area contributed by atoms with Crippen molar-refractivity contribution in [2.45, 2.75) is 13.3 Å². The Bertz CT molecular complexity index is 659. The molecule has 0 fully saturated rings. The SMILES string of the molecule is COc1ccc(NC(=O)CCNc2cccc(C)c2)cc1Cl. The number of anilines is 2. The molecule has 0 bridgehead atoms. The fraction of sp³-hybridized carbons (Fsp3) is 0.235. The molecule has 2 rings (SSSR count). The molecule has 0 spiro atoms. The van der Waals surface area contributed by atoms with Crippen LogP contribution in [0.5, 0.6) is 5.75 Å².